The first-order valence-corrected chi connectivity index (χ1v) is 6.93. The zero-order valence-electron chi connectivity index (χ0n) is 10.7. The summed E-state index contributed by atoms with van der Waals surface area (Å²) in [7, 11) is 0. The van der Waals surface area contributed by atoms with Crippen molar-refractivity contribution in [2.75, 3.05) is 13.1 Å². The van der Waals surface area contributed by atoms with E-state index in [4.69, 9.17) is 0 Å². The monoisotopic (exact) mass is 244 g/mol. The summed E-state index contributed by atoms with van der Waals surface area (Å²) in [4.78, 5) is 2.49. The lowest BCUT2D eigenvalue weighted by molar-refractivity contribution is 0.246. The number of rotatable bonds is 1. The standard InChI is InChI=1S/C15H20N2O/c18-16-14-11-12-7-3-4-8-13(12)15(14)17-9-5-1-2-6-10-17/h3-4,7-8,15,18H,1-2,5-6,9-11H2/b16-14+/t15-/m0/s1. The number of benzene rings is 1. The smallest absolute Gasteiger partial charge is 0.0831 e. The third-order valence-electron chi connectivity index (χ3n) is 4.17. The summed E-state index contributed by atoms with van der Waals surface area (Å²) in [5.74, 6) is 0. The van der Waals surface area contributed by atoms with Gasteiger partial charge in [-0.3, -0.25) is 4.90 Å². The van der Waals surface area contributed by atoms with E-state index in [-0.39, 0.29) is 6.04 Å². The largest absolute Gasteiger partial charge is 0.411 e. The molecule has 3 nitrogen and oxygen atoms in total. The lowest BCUT2D eigenvalue weighted by atomic mass is 10.1. The van der Waals surface area contributed by atoms with E-state index in [1.165, 1.54) is 36.8 Å². The number of hydrogen-bond acceptors (Lipinski definition) is 3. The number of likely N-dealkylation sites (tertiary alicyclic amines) is 1. The predicted molar refractivity (Wildman–Crippen MR) is 72.1 cm³/mol. The molecular weight excluding hydrogens is 224 g/mol. The van der Waals surface area contributed by atoms with E-state index in [0.717, 1.165) is 25.2 Å². The summed E-state index contributed by atoms with van der Waals surface area (Å²) in [5, 5.41) is 12.8. The SMILES string of the molecule is O/N=C1\Cc2ccccc2[C@@H]1N1CCCCCC1. The van der Waals surface area contributed by atoms with Gasteiger partial charge in [0.15, 0.2) is 0 Å². The van der Waals surface area contributed by atoms with Crippen LogP contribution in [-0.2, 0) is 6.42 Å². The van der Waals surface area contributed by atoms with Crippen LogP contribution in [0.5, 0.6) is 0 Å². The molecule has 0 aromatic heterocycles. The van der Waals surface area contributed by atoms with Gasteiger partial charge in [-0.15, -0.1) is 0 Å². The van der Waals surface area contributed by atoms with Gasteiger partial charge in [-0.05, 0) is 37.1 Å². The van der Waals surface area contributed by atoms with Gasteiger partial charge in [0.2, 0.25) is 0 Å². The van der Waals surface area contributed by atoms with Gasteiger partial charge in [-0.1, -0.05) is 42.3 Å². The van der Waals surface area contributed by atoms with Crippen molar-refractivity contribution in [1.82, 2.24) is 4.90 Å². The zero-order valence-corrected chi connectivity index (χ0v) is 10.7. The van der Waals surface area contributed by atoms with Crippen molar-refractivity contribution >= 4 is 5.71 Å². The fraction of sp³-hybridized carbons (Fsp3) is 0.533. The summed E-state index contributed by atoms with van der Waals surface area (Å²) in [5.41, 5.74) is 3.57. The zero-order chi connectivity index (χ0) is 12.4. The number of nitrogens with zero attached hydrogens (tertiary/aromatic N) is 2. The van der Waals surface area contributed by atoms with Gasteiger partial charge < -0.3 is 5.21 Å². The van der Waals surface area contributed by atoms with Crippen molar-refractivity contribution in [1.29, 1.82) is 0 Å². The fourth-order valence-electron chi connectivity index (χ4n) is 3.28. The van der Waals surface area contributed by atoms with E-state index in [1.807, 2.05) is 0 Å². The second kappa shape index (κ2) is 5.11. The van der Waals surface area contributed by atoms with E-state index in [1.54, 1.807) is 0 Å². The third kappa shape index (κ3) is 2.03. The molecule has 1 fully saturated rings. The average Bonchev–Trinajstić information content (AvgIpc) is 2.59. The summed E-state index contributed by atoms with van der Waals surface area (Å²) in [6.45, 7) is 2.25. The van der Waals surface area contributed by atoms with Gasteiger partial charge in [-0.2, -0.15) is 0 Å². The van der Waals surface area contributed by atoms with Gasteiger partial charge in [0.1, 0.15) is 0 Å². The molecule has 1 aliphatic heterocycles. The molecule has 0 spiro atoms. The van der Waals surface area contributed by atoms with Crippen molar-refractivity contribution in [3.8, 4) is 0 Å². The Morgan fingerprint density at radius 3 is 2.50 bits per heavy atom. The highest BCUT2D eigenvalue weighted by Crippen LogP contribution is 2.34. The van der Waals surface area contributed by atoms with E-state index < -0.39 is 0 Å². The minimum Gasteiger partial charge on any atom is -0.411 e. The molecule has 2 aliphatic rings. The minimum absolute atomic E-state index is 0.212. The second-order valence-corrected chi connectivity index (χ2v) is 5.32. The molecule has 0 radical (unpaired) electrons. The first-order chi connectivity index (χ1) is 8.90. The molecule has 1 heterocycles. The van der Waals surface area contributed by atoms with Crippen molar-refractivity contribution in [3.05, 3.63) is 35.4 Å². The summed E-state index contributed by atoms with van der Waals surface area (Å²) in [6.07, 6.45) is 5.98. The number of fused-ring (bicyclic) bond motifs is 1. The summed E-state index contributed by atoms with van der Waals surface area (Å²) in [6, 6.07) is 8.70. The van der Waals surface area contributed by atoms with Crippen LogP contribution >= 0.6 is 0 Å². The maximum Gasteiger partial charge on any atom is 0.0831 e. The quantitative estimate of drug-likeness (QED) is 0.609. The molecule has 1 saturated heterocycles. The van der Waals surface area contributed by atoms with Gasteiger partial charge >= 0.3 is 0 Å². The number of oxime groups is 1. The van der Waals surface area contributed by atoms with Crippen molar-refractivity contribution in [2.45, 2.75) is 38.1 Å². The lowest BCUT2D eigenvalue weighted by Gasteiger charge is -2.28. The Kier molecular flexibility index (Phi) is 3.33. The van der Waals surface area contributed by atoms with E-state index in [9.17, 15) is 5.21 Å². The molecule has 1 aromatic rings. The van der Waals surface area contributed by atoms with Crippen LogP contribution in [0, 0.1) is 0 Å². The predicted octanol–water partition coefficient (Wildman–Crippen LogP) is 2.99. The molecule has 3 rings (SSSR count). The topological polar surface area (TPSA) is 35.8 Å². The van der Waals surface area contributed by atoms with Crippen LogP contribution in [0.2, 0.25) is 0 Å². The molecule has 1 aliphatic carbocycles. The van der Waals surface area contributed by atoms with Gasteiger partial charge in [0, 0.05) is 6.42 Å². The van der Waals surface area contributed by atoms with Gasteiger partial charge in [-0.25, -0.2) is 0 Å². The Morgan fingerprint density at radius 1 is 1.06 bits per heavy atom. The van der Waals surface area contributed by atoms with Crippen molar-refractivity contribution in [2.24, 2.45) is 5.16 Å². The normalized spacial score (nSPS) is 27.1. The lowest BCUT2D eigenvalue weighted by Crippen LogP contribution is -2.32. The molecule has 3 heteroatoms. The van der Waals surface area contributed by atoms with Crippen LogP contribution in [0.3, 0.4) is 0 Å². The maximum absolute atomic E-state index is 9.27. The summed E-state index contributed by atoms with van der Waals surface area (Å²) >= 11 is 0. The maximum atomic E-state index is 9.27. The Hall–Kier alpha value is -1.35. The van der Waals surface area contributed by atoms with Crippen molar-refractivity contribution < 1.29 is 5.21 Å². The van der Waals surface area contributed by atoms with Crippen molar-refractivity contribution in [3.63, 3.8) is 0 Å². The Labute approximate surface area is 108 Å². The van der Waals surface area contributed by atoms with E-state index in [2.05, 4.69) is 34.3 Å². The highest BCUT2D eigenvalue weighted by molar-refractivity contribution is 5.96. The van der Waals surface area contributed by atoms with Crippen LogP contribution in [0.1, 0.15) is 42.9 Å². The molecule has 0 bridgehead atoms. The van der Waals surface area contributed by atoms with E-state index >= 15 is 0 Å². The van der Waals surface area contributed by atoms with E-state index in [0.29, 0.717) is 0 Å². The molecule has 18 heavy (non-hydrogen) atoms. The molecule has 96 valence electrons. The third-order valence-corrected chi connectivity index (χ3v) is 4.17. The van der Waals surface area contributed by atoms with Crippen LogP contribution < -0.4 is 0 Å². The molecule has 1 N–H and O–H groups in total. The molecule has 0 amide bonds. The molecule has 0 unspecified atom stereocenters. The second-order valence-electron chi connectivity index (χ2n) is 5.32. The highest BCUT2D eigenvalue weighted by Gasteiger charge is 2.33. The molecular formula is C15H20N2O. The van der Waals surface area contributed by atoms with Crippen LogP contribution in [-0.4, -0.2) is 28.9 Å². The first-order valence-electron chi connectivity index (χ1n) is 6.93. The average molecular weight is 244 g/mol. The minimum atomic E-state index is 0.212. The van der Waals surface area contributed by atoms with Gasteiger partial charge in [0.25, 0.3) is 0 Å². The Bertz CT molecular complexity index is 448. The van der Waals surface area contributed by atoms with Crippen LogP contribution in [0.25, 0.3) is 0 Å². The van der Waals surface area contributed by atoms with Crippen LogP contribution in [0.15, 0.2) is 29.4 Å². The Morgan fingerprint density at radius 2 is 1.78 bits per heavy atom. The molecule has 1 atom stereocenters. The molecule has 1 aromatic carbocycles. The fourth-order valence-corrected chi connectivity index (χ4v) is 3.28. The summed E-state index contributed by atoms with van der Waals surface area (Å²) < 4.78 is 0. The first kappa shape index (κ1) is 11.7. The van der Waals surface area contributed by atoms with Crippen LogP contribution in [0.4, 0.5) is 0 Å². The van der Waals surface area contributed by atoms with Gasteiger partial charge in [0.05, 0.1) is 11.8 Å². The molecule has 0 saturated carbocycles. The Balaban J connectivity index is 1.93. The highest BCUT2D eigenvalue weighted by atomic mass is 16.4. The number of hydrogen-bond donors (Lipinski definition) is 1.